The van der Waals surface area contributed by atoms with E-state index < -0.39 is 17.0 Å². The number of benzene rings is 2. The second-order valence-electron chi connectivity index (χ2n) is 6.50. The maximum absolute atomic E-state index is 13.8. The van der Waals surface area contributed by atoms with Gasteiger partial charge in [-0.3, -0.25) is 0 Å². The SMILES string of the molecule is CNc1c(N)cc(NSc2ccc(F)cc2F)cc1C1(C=O)CCCC1. The first-order valence-corrected chi connectivity index (χ1v) is 9.27. The van der Waals surface area contributed by atoms with Gasteiger partial charge in [-0.15, -0.1) is 0 Å². The van der Waals surface area contributed by atoms with Crippen LogP contribution < -0.4 is 15.8 Å². The quantitative estimate of drug-likeness (QED) is 0.386. The van der Waals surface area contributed by atoms with Crippen molar-refractivity contribution in [3.63, 3.8) is 0 Å². The van der Waals surface area contributed by atoms with Crippen LogP contribution in [-0.4, -0.2) is 13.3 Å². The Labute approximate surface area is 155 Å². The van der Waals surface area contributed by atoms with Gasteiger partial charge < -0.3 is 20.6 Å². The lowest BCUT2D eigenvalue weighted by atomic mass is 9.79. The molecule has 0 saturated heterocycles. The summed E-state index contributed by atoms with van der Waals surface area (Å²) in [5, 5.41) is 3.10. The van der Waals surface area contributed by atoms with Gasteiger partial charge in [0.1, 0.15) is 17.9 Å². The molecule has 1 aliphatic carbocycles. The van der Waals surface area contributed by atoms with Crippen molar-refractivity contribution in [1.82, 2.24) is 0 Å². The third kappa shape index (κ3) is 3.49. The first kappa shape index (κ1) is 18.5. The lowest BCUT2D eigenvalue weighted by Gasteiger charge is -2.27. The highest BCUT2D eigenvalue weighted by Gasteiger charge is 2.38. The molecule has 3 rings (SSSR count). The summed E-state index contributed by atoms with van der Waals surface area (Å²) in [6.07, 6.45) is 4.58. The van der Waals surface area contributed by atoms with Gasteiger partial charge >= 0.3 is 0 Å². The lowest BCUT2D eigenvalue weighted by Crippen LogP contribution is -2.25. The Bertz CT molecular complexity index is 823. The minimum atomic E-state index is -0.636. The summed E-state index contributed by atoms with van der Waals surface area (Å²) < 4.78 is 29.9. The highest BCUT2D eigenvalue weighted by molar-refractivity contribution is 8.00. The molecule has 0 bridgehead atoms. The number of hydrogen-bond donors (Lipinski definition) is 3. The Hall–Kier alpha value is -2.28. The summed E-state index contributed by atoms with van der Waals surface area (Å²) in [5.74, 6) is -1.26. The van der Waals surface area contributed by atoms with Crippen molar-refractivity contribution in [1.29, 1.82) is 0 Å². The number of halogens is 2. The molecule has 0 aliphatic heterocycles. The summed E-state index contributed by atoms with van der Waals surface area (Å²) in [6, 6.07) is 7.04. The van der Waals surface area contributed by atoms with E-state index in [0.717, 1.165) is 61.2 Å². The molecule has 0 atom stereocenters. The number of aldehydes is 1. The fourth-order valence-corrected chi connectivity index (χ4v) is 4.16. The molecule has 0 amide bonds. The molecule has 7 heteroatoms. The molecule has 26 heavy (non-hydrogen) atoms. The van der Waals surface area contributed by atoms with Crippen LogP contribution in [-0.2, 0) is 10.2 Å². The fourth-order valence-electron chi connectivity index (χ4n) is 3.52. The van der Waals surface area contributed by atoms with E-state index >= 15 is 0 Å². The van der Waals surface area contributed by atoms with Crippen LogP contribution in [0.1, 0.15) is 31.2 Å². The molecule has 4 nitrogen and oxygen atoms in total. The third-order valence-electron chi connectivity index (χ3n) is 4.85. The van der Waals surface area contributed by atoms with Crippen LogP contribution in [0, 0.1) is 11.6 Å². The van der Waals surface area contributed by atoms with Gasteiger partial charge in [0.2, 0.25) is 0 Å². The second-order valence-corrected chi connectivity index (χ2v) is 7.35. The van der Waals surface area contributed by atoms with E-state index in [0.29, 0.717) is 11.4 Å². The maximum atomic E-state index is 13.8. The highest BCUT2D eigenvalue weighted by atomic mass is 32.2. The van der Waals surface area contributed by atoms with Crippen LogP contribution in [0.15, 0.2) is 35.2 Å². The molecule has 1 saturated carbocycles. The standard InChI is InChI=1S/C19H21F2N3OS/c1-23-18-14(19(11-25)6-2-3-7-19)9-13(10-16(18)22)24-26-17-5-4-12(20)8-15(17)21/h4-5,8-11,23-24H,2-3,6-7,22H2,1H3. The average Bonchev–Trinajstić information content (AvgIpc) is 3.10. The molecule has 4 N–H and O–H groups in total. The van der Waals surface area contributed by atoms with Crippen LogP contribution in [0.25, 0.3) is 0 Å². The van der Waals surface area contributed by atoms with Crippen LogP contribution in [0.3, 0.4) is 0 Å². The fraction of sp³-hybridized carbons (Fsp3) is 0.316. The number of nitrogen functional groups attached to an aromatic ring is 1. The molecule has 1 aliphatic rings. The van der Waals surface area contributed by atoms with Crippen LogP contribution in [0.5, 0.6) is 0 Å². The monoisotopic (exact) mass is 377 g/mol. The lowest BCUT2D eigenvalue weighted by molar-refractivity contribution is -0.112. The number of hydrogen-bond acceptors (Lipinski definition) is 5. The molecular formula is C19H21F2N3OS. The number of rotatable bonds is 6. The van der Waals surface area contributed by atoms with E-state index in [1.807, 2.05) is 6.07 Å². The van der Waals surface area contributed by atoms with Gasteiger partial charge in [-0.05, 0) is 54.6 Å². The topological polar surface area (TPSA) is 67.2 Å². The van der Waals surface area contributed by atoms with Gasteiger partial charge in [-0.25, -0.2) is 8.78 Å². The van der Waals surface area contributed by atoms with Crippen LogP contribution in [0.2, 0.25) is 0 Å². The molecular weight excluding hydrogens is 356 g/mol. The van der Waals surface area contributed by atoms with Gasteiger partial charge in [-0.1, -0.05) is 12.8 Å². The minimum absolute atomic E-state index is 0.273. The summed E-state index contributed by atoms with van der Waals surface area (Å²) in [6.45, 7) is 0. The average molecular weight is 377 g/mol. The molecule has 0 aromatic heterocycles. The summed E-state index contributed by atoms with van der Waals surface area (Å²) in [7, 11) is 1.78. The second kappa shape index (κ2) is 7.53. The van der Waals surface area contributed by atoms with Crippen molar-refractivity contribution in [2.45, 2.75) is 36.0 Å². The van der Waals surface area contributed by atoms with Crippen molar-refractivity contribution in [2.75, 3.05) is 22.8 Å². The molecule has 2 aromatic carbocycles. The van der Waals surface area contributed by atoms with E-state index in [-0.39, 0.29) is 4.90 Å². The van der Waals surface area contributed by atoms with Crippen molar-refractivity contribution in [2.24, 2.45) is 0 Å². The molecule has 138 valence electrons. The van der Waals surface area contributed by atoms with Gasteiger partial charge in [0, 0.05) is 18.8 Å². The smallest absolute Gasteiger partial charge is 0.141 e. The zero-order valence-corrected chi connectivity index (χ0v) is 15.3. The number of anilines is 3. The van der Waals surface area contributed by atoms with E-state index in [2.05, 4.69) is 10.0 Å². The predicted molar refractivity (Wildman–Crippen MR) is 102 cm³/mol. The Morgan fingerprint density at radius 2 is 1.92 bits per heavy atom. The molecule has 0 spiro atoms. The van der Waals surface area contributed by atoms with Crippen LogP contribution >= 0.6 is 11.9 Å². The first-order chi connectivity index (χ1) is 12.5. The predicted octanol–water partition coefficient (Wildman–Crippen LogP) is 4.72. The molecule has 0 heterocycles. The normalized spacial score (nSPS) is 15.7. The molecule has 1 fully saturated rings. The van der Waals surface area contributed by atoms with E-state index in [4.69, 9.17) is 5.73 Å². The largest absolute Gasteiger partial charge is 0.397 e. The number of carbonyl (C=O) groups excluding carboxylic acids is 1. The van der Waals surface area contributed by atoms with E-state index in [1.54, 1.807) is 13.1 Å². The maximum Gasteiger partial charge on any atom is 0.141 e. The van der Waals surface area contributed by atoms with Gasteiger partial charge in [0.25, 0.3) is 0 Å². The molecule has 0 radical (unpaired) electrons. The van der Waals surface area contributed by atoms with Crippen molar-refractivity contribution in [3.8, 4) is 0 Å². The zero-order chi connectivity index (χ0) is 18.7. The van der Waals surface area contributed by atoms with Crippen molar-refractivity contribution < 1.29 is 13.6 Å². The highest BCUT2D eigenvalue weighted by Crippen LogP contribution is 2.45. The summed E-state index contributed by atoms with van der Waals surface area (Å²) >= 11 is 1.03. The summed E-state index contributed by atoms with van der Waals surface area (Å²) in [5.41, 5.74) is 8.42. The first-order valence-electron chi connectivity index (χ1n) is 8.45. The number of nitrogens with one attached hydrogen (secondary N) is 2. The van der Waals surface area contributed by atoms with Crippen molar-refractivity contribution >= 4 is 35.3 Å². The zero-order valence-electron chi connectivity index (χ0n) is 14.4. The van der Waals surface area contributed by atoms with Gasteiger partial charge in [0.05, 0.1) is 21.7 Å². The van der Waals surface area contributed by atoms with Crippen molar-refractivity contribution in [3.05, 3.63) is 47.5 Å². The Morgan fingerprint density at radius 1 is 1.19 bits per heavy atom. The van der Waals surface area contributed by atoms with E-state index in [9.17, 15) is 13.6 Å². The Balaban J connectivity index is 1.92. The van der Waals surface area contributed by atoms with E-state index in [1.165, 1.54) is 12.1 Å². The number of nitrogens with two attached hydrogens (primary N) is 1. The number of carbonyl (C=O) groups is 1. The molecule has 0 unspecified atom stereocenters. The van der Waals surface area contributed by atoms with Gasteiger partial charge in [-0.2, -0.15) is 0 Å². The van der Waals surface area contributed by atoms with Crippen LogP contribution in [0.4, 0.5) is 25.8 Å². The Kier molecular flexibility index (Phi) is 5.36. The van der Waals surface area contributed by atoms with Gasteiger partial charge in [0.15, 0.2) is 0 Å². The Morgan fingerprint density at radius 3 is 2.54 bits per heavy atom. The minimum Gasteiger partial charge on any atom is -0.397 e. The third-order valence-corrected chi connectivity index (χ3v) is 5.74. The summed E-state index contributed by atoms with van der Waals surface area (Å²) in [4.78, 5) is 12.2. The molecule has 2 aromatic rings.